The molecule has 3 saturated carbocycles. The van der Waals surface area contributed by atoms with Crippen LogP contribution in [0.5, 0.6) is 0 Å². The van der Waals surface area contributed by atoms with E-state index in [1.807, 2.05) is 0 Å². The Kier molecular flexibility index (Phi) is 1.96. The Balaban J connectivity index is 1.57. The molecule has 0 amide bonds. The molecular weight excluding hydrogens is 172 g/mol. The second-order valence-corrected chi connectivity index (χ2v) is 6.34. The normalized spacial score (nSPS) is 45.4. The van der Waals surface area contributed by atoms with Gasteiger partial charge in [-0.05, 0) is 61.7 Å². The molecule has 0 aromatic heterocycles. The molecule has 0 aromatic rings. The van der Waals surface area contributed by atoms with E-state index >= 15 is 0 Å². The molecule has 1 heteroatoms. The third-order valence-electron chi connectivity index (χ3n) is 5.25. The molecule has 0 aliphatic heterocycles. The Bertz CT molecular complexity index is 231. The highest BCUT2D eigenvalue weighted by Gasteiger charge is 2.47. The van der Waals surface area contributed by atoms with Gasteiger partial charge in [0.25, 0.3) is 0 Å². The minimum atomic E-state index is 0.00634. The average molecular weight is 194 g/mol. The molecule has 0 saturated heterocycles. The largest absolute Gasteiger partial charge is 0.393 e. The van der Waals surface area contributed by atoms with E-state index in [0.29, 0.717) is 5.41 Å². The van der Waals surface area contributed by atoms with Gasteiger partial charge in [0.05, 0.1) is 6.10 Å². The van der Waals surface area contributed by atoms with Gasteiger partial charge in [0.15, 0.2) is 0 Å². The molecule has 3 rings (SSSR count). The number of hydrogen-bond donors (Lipinski definition) is 1. The second kappa shape index (κ2) is 2.98. The van der Waals surface area contributed by atoms with Gasteiger partial charge in [0, 0.05) is 0 Å². The Morgan fingerprint density at radius 1 is 1.29 bits per heavy atom. The van der Waals surface area contributed by atoms with Crippen molar-refractivity contribution in [1.29, 1.82) is 0 Å². The first-order chi connectivity index (χ1) is 6.67. The van der Waals surface area contributed by atoms with Crippen LogP contribution in [0.2, 0.25) is 0 Å². The highest BCUT2D eigenvalue weighted by Crippen LogP contribution is 2.54. The Morgan fingerprint density at radius 2 is 2.07 bits per heavy atom. The van der Waals surface area contributed by atoms with E-state index in [0.717, 1.165) is 24.2 Å². The van der Waals surface area contributed by atoms with E-state index < -0.39 is 0 Å². The van der Waals surface area contributed by atoms with Crippen LogP contribution >= 0.6 is 0 Å². The third kappa shape index (κ3) is 1.41. The summed E-state index contributed by atoms with van der Waals surface area (Å²) >= 11 is 0. The second-order valence-electron chi connectivity index (χ2n) is 6.34. The fraction of sp³-hybridized carbons (Fsp3) is 1.00. The maximum Gasteiger partial charge on any atom is 0.0596 e. The van der Waals surface area contributed by atoms with Crippen molar-refractivity contribution in [3.05, 3.63) is 0 Å². The number of fused-ring (bicyclic) bond motifs is 2. The summed E-state index contributed by atoms with van der Waals surface area (Å²) in [5.74, 6) is 2.89. The van der Waals surface area contributed by atoms with Gasteiger partial charge >= 0.3 is 0 Å². The SMILES string of the molecule is CC1(C(O)CC2CC3CCC2C3)CC1. The summed E-state index contributed by atoms with van der Waals surface area (Å²) in [6.07, 6.45) is 9.48. The van der Waals surface area contributed by atoms with Crippen LogP contribution in [0.15, 0.2) is 0 Å². The minimum absolute atomic E-state index is 0.00634. The lowest BCUT2D eigenvalue weighted by molar-refractivity contribution is 0.0658. The first-order valence-corrected chi connectivity index (χ1v) is 6.35. The zero-order chi connectivity index (χ0) is 9.76. The topological polar surface area (TPSA) is 20.2 Å². The summed E-state index contributed by atoms with van der Waals surface area (Å²) in [6.45, 7) is 2.25. The van der Waals surface area contributed by atoms with Crippen LogP contribution in [0.3, 0.4) is 0 Å². The van der Waals surface area contributed by atoms with Gasteiger partial charge in [0.1, 0.15) is 0 Å². The number of aliphatic hydroxyl groups is 1. The van der Waals surface area contributed by atoms with Crippen LogP contribution in [-0.2, 0) is 0 Å². The summed E-state index contributed by atoms with van der Waals surface area (Å²) in [6, 6.07) is 0. The van der Waals surface area contributed by atoms with Crippen LogP contribution in [0.4, 0.5) is 0 Å². The Morgan fingerprint density at radius 3 is 2.57 bits per heavy atom. The van der Waals surface area contributed by atoms with E-state index in [2.05, 4.69) is 6.92 Å². The maximum atomic E-state index is 10.1. The molecule has 1 N–H and O–H groups in total. The number of aliphatic hydroxyl groups excluding tert-OH is 1. The molecule has 80 valence electrons. The van der Waals surface area contributed by atoms with Crippen molar-refractivity contribution >= 4 is 0 Å². The molecule has 4 unspecified atom stereocenters. The molecule has 1 nitrogen and oxygen atoms in total. The van der Waals surface area contributed by atoms with Crippen LogP contribution in [0.25, 0.3) is 0 Å². The van der Waals surface area contributed by atoms with Crippen molar-refractivity contribution in [2.24, 2.45) is 23.2 Å². The van der Waals surface area contributed by atoms with Gasteiger partial charge in [-0.15, -0.1) is 0 Å². The van der Waals surface area contributed by atoms with Gasteiger partial charge in [0.2, 0.25) is 0 Å². The summed E-state index contributed by atoms with van der Waals surface area (Å²) < 4.78 is 0. The lowest BCUT2D eigenvalue weighted by Crippen LogP contribution is -2.25. The lowest BCUT2D eigenvalue weighted by atomic mass is 9.82. The van der Waals surface area contributed by atoms with Crippen molar-refractivity contribution in [2.45, 2.75) is 58.0 Å². The molecule has 2 bridgehead atoms. The van der Waals surface area contributed by atoms with Gasteiger partial charge in [-0.25, -0.2) is 0 Å². The van der Waals surface area contributed by atoms with E-state index in [-0.39, 0.29) is 6.10 Å². The van der Waals surface area contributed by atoms with Gasteiger partial charge < -0.3 is 5.11 Å². The predicted octanol–water partition coefficient (Wildman–Crippen LogP) is 2.97. The predicted molar refractivity (Wildman–Crippen MR) is 56.9 cm³/mol. The lowest BCUT2D eigenvalue weighted by Gasteiger charge is -2.27. The van der Waals surface area contributed by atoms with E-state index in [1.54, 1.807) is 0 Å². The quantitative estimate of drug-likeness (QED) is 0.732. The zero-order valence-corrected chi connectivity index (χ0v) is 9.21. The van der Waals surface area contributed by atoms with Crippen molar-refractivity contribution in [3.8, 4) is 0 Å². The fourth-order valence-electron chi connectivity index (χ4n) is 3.77. The third-order valence-corrected chi connectivity index (χ3v) is 5.25. The van der Waals surface area contributed by atoms with Crippen LogP contribution in [0, 0.1) is 23.2 Å². The molecular formula is C13H22O. The molecule has 3 aliphatic carbocycles. The molecule has 14 heavy (non-hydrogen) atoms. The number of hydrogen-bond acceptors (Lipinski definition) is 1. The summed E-state index contributed by atoms with van der Waals surface area (Å²) in [5, 5.41) is 10.1. The minimum Gasteiger partial charge on any atom is -0.393 e. The molecule has 4 atom stereocenters. The highest BCUT2D eigenvalue weighted by atomic mass is 16.3. The van der Waals surface area contributed by atoms with Crippen LogP contribution < -0.4 is 0 Å². The summed E-state index contributed by atoms with van der Waals surface area (Å²) in [4.78, 5) is 0. The van der Waals surface area contributed by atoms with Crippen LogP contribution in [-0.4, -0.2) is 11.2 Å². The number of rotatable bonds is 3. The van der Waals surface area contributed by atoms with Crippen molar-refractivity contribution in [3.63, 3.8) is 0 Å². The van der Waals surface area contributed by atoms with Crippen molar-refractivity contribution < 1.29 is 5.11 Å². The fourth-order valence-corrected chi connectivity index (χ4v) is 3.77. The van der Waals surface area contributed by atoms with Gasteiger partial charge in [-0.1, -0.05) is 13.3 Å². The smallest absolute Gasteiger partial charge is 0.0596 e. The van der Waals surface area contributed by atoms with Crippen molar-refractivity contribution in [2.75, 3.05) is 0 Å². The molecule has 0 heterocycles. The first-order valence-electron chi connectivity index (χ1n) is 6.35. The average Bonchev–Trinajstić information content (AvgIpc) is 2.63. The van der Waals surface area contributed by atoms with E-state index in [4.69, 9.17) is 0 Å². The molecule has 0 spiro atoms. The van der Waals surface area contributed by atoms with Crippen LogP contribution in [0.1, 0.15) is 51.9 Å². The zero-order valence-electron chi connectivity index (χ0n) is 9.21. The van der Waals surface area contributed by atoms with E-state index in [9.17, 15) is 5.11 Å². The summed E-state index contributed by atoms with van der Waals surface area (Å²) in [7, 11) is 0. The first kappa shape index (κ1) is 9.21. The maximum absolute atomic E-state index is 10.1. The van der Waals surface area contributed by atoms with Gasteiger partial charge in [-0.3, -0.25) is 0 Å². The Labute approximate surface area is 86.9 Å². The van der Waals surface area contributed by atoms with Crippen molar-refractivity contribution in [1.82, 2.24) is 0 Å². The monoisotopic (exact) mass is 194 g/mol. The molecule has 0 aromatic carbocycles. The Hall–Kier alpha value is -0.0400. The van der Waals surface area contributed by atoms with Gasteiger partial charge in [-0.2, -0.15) is 0 Å². The van der Waals surface area contributed by atoms with E-state index in [1.165, 1.54) is 38.5 Å². The highest BCUT2D eigenvalue weighted by molar-refractivity contribution is 4.98. The summed E-state index contributed by atoms with van der Waals surface area (Å²) in [5.41, 5.74) is 0.321. The molecule has 3 aliphatic rings. The standard InChI is InChI=1S/C13H22O/c1-13(4-5-13)12(14)8-11-7-9-2-3-10(11)6-9/h9-12,14H,2-8H2,1H3. The molecule has 3 fully saturated rings. The molecule has 0 radical (unpaired) electrons.